The van der Waals surface area contributed by atoms with Gasteiger partial charge < -0.3 is 24.8 Å². The third-order valence-electron chi connectivity index (χ3n) is 3.73. The molecule has 2 amide bonds. The molecule has 0 aliphatic rings. The van der Waals surface area contributed by atoms with Crippen LogP contribution >= 0.6 is 0 Å². The Morgan fingerprint density at radius 1 is 1.07 bits per heavy atom. The Hall–Kier alpha value is -3.33. The minimum absolute atomic E-state index is 0.147. The summed E-state index contributed by atoms with van der Waals surface area (Å²) in [6.45, 7) is 3.27. The molecular formula is C21H24N2O4. The Bertz CT molecular complexity index is 799. The second kappa shape index (κ2) is 10.6. The summed E-state index contributed by atoms with van der Waals surface area (Å²) in [5, 5.41) is 5.54. The molecular weight excluding hydrogens is 344 g/mol. The summed E-state index contributed by atoms with van der Waals surface area (Å²) in [7, 11) is 1.56. The second-order valence-electron chi connectivity index (χ2n) is 5.70. The number of rotatable bonds is 9. The molecule has 27 heavy (non-hydrogen) atoms. The summed E-state index contributed by atoms with van der Waals surface area (Å²) in [5.41, 5.74) is 1.93. The van der Waals surface area contributed by atoms with E-state index in [0.717, 1.165) is 16.9 Å². The molecule has 142 valence electrons. The highest BCUT2D eigenvalue weighted by atomic mass is 16.5. The predicted molar refractivity (Wildman–Crippen MR) is 104 cm³/mol. The van der Waals surface area contributed by atoms with Crippen molar-refractivity contribution in [2.75, 3.05) is 26.9 Å². The molecule has 0 fully saturated rings. The lowest BCUT2D eigenvalue weighted by Gasteiger charge is -2.12. The molecule has 2 rings (SSSR count). The maximum atomic E-state index is 11.9. The normalized spacial score (nSPS) is 9.81. The first-order valence-electron chi connectivity index (χ1n) is 8.57. The van der Waals surface area contributed by atoms with Crippen LogP contribution in [0.15, 0.2) is 42.5 Å². The van der Waals surface area contributed by atoms with Crippen LogP contribution in [-0.2, 0) is 6.54 Å². The van der Waals surface area contributed by atoms with Crippen LogP contribution < -0.4 is 24.8 Å². The molecule has 6 nitrogen and oxygen atoms in total. The highest BCUT2D eigenvalue weighted by Crippen LogP contribution is 2.27. The third-order valence-corrected chi connectivity index (χ3v) is 3.73. The molecule has 0 saturated heterocycles. The smallest absolute Gasteiger partial charge is 0.315 e. The predicted octanol–water partition coefficient (Wildman–Crippen LogP) is 2.89. The molecule has 0 spiro atoms. The van der Waals surface area contributed by atoms with Gasteiger partial charge in [-0.25, -0.2) is 4.79 Å². The average Bonchev–Trinajstić information content (AvgIpc) is 2.69. The maximum Gasteiger partial charge on any atom is 0.315 e. The molecule has 2 N–H and O–H groups in total. The Morgan fingerprint density at radius 2 is 1.89 bits per heavy atom. The fourth-order valence-electron chi connectivity index (χ4n) is 2.35. The molecule has 0 aliphatic heterocycles. The standard InChI is InChI=1S/C21H24N2O4/c1-4-12-26-20-14-17(9-10-19(20)25-3)15-23-21(24)22-11-13-27-18-8-6-5-7-16(18)2/h1,5-10,14H,11-13,15H2,2-3H3,(H2,22,23,24). The largest absolute Gasteiger partial charge is 0.493 e. The Balaban J connectivity index is 1.75. The number of terminal acetylenes is 1. The molecule has 0 unspecified atom stereocenters. The number of para-hydroxylation sites is 1. The second-order valence-corrected chi connectivity index (χ2v) is 5.70. The van der Waals surface area contributed by atoms with Crippen molar-refractivity contribution in [2.24, 2.45) is 0 Å². The highest BCUT2D eigenvalue weighted by Gasteiger charge is 2.07. The van der Waals surface area contributed by atoms with Gasteiger partial charge in [0.1, 0.15) is 19.0 Å². The Labute approximate surface area is 159 Å². The van der Waals surface area contributed by atoms with E-state index in [9.17, 15) is 4.79 Å². The van der Waals surface area contributed by atoms with Gasteiger partial charge in [0.2, 0.25) is 0 Å². The van der Waals surface area contributed by atoms with E-state index in [1.165, 1.54) is 0 Å². The molecule has 2 aromatic carbocycles. The lowest BCUT2D eigenvalue weighted by molar-refractivity contribution is 0.236. The number of carbonyl (C=O) groups is 1. The minimum atomic E-state index is -0.273. The van der Waals surface area contributed by atoms with Crippen molar-refractivity contribution >= 4 is 6.03 Å². The summed E-state index contributed by atoms with van der Waals surface area (Å²) in [5.74, 6) is 4.36. The number of amides is 2. The first kappa shape index (κ1) is 20.0. The van der Waals surface area contributed by atoms with Crippen molar-refractivity contribution in [3.63, 3.8) is 0 Å². The van der Waals surface area contributed by atoms with Crippen LogP contribution in [0, 0.1) is 19.3 Å². The molecule has 0 radical (unpaired) electrons. The first-order valence-corrected chi connectivity index (χ1v) is 8.57. The van der Waals surface area contributed by atoms with Gasteiger partial charge in [-0.2, -0.15) is 0 Å². The number of nitrogens with one attached hydrogen (secondary N) is 2. The highest BCUT2D eigenvalue weighted by molar-refractivity contribution is 5.73. The van der Waals surface area contributed by atoms with E-state index >= 15 is 0 Å². The molecule has 0 atom stereocenters. The van der Waals surface area contributed by atoms with E-state index in [-0.39, 0.29) is 12.6 Å². The monoisotopic (exact) mass is 368 g/mol. The number of benzene rings is 2. The van der Waals surface area contributed by atoms with Gasteiger partial charge in [-0.05, 0) is 36.2 Å². The van der Waals surface area contributed by atoms with E-state index in [2.05, 4.69) is 16.6 Å². The zero-order chi connectivity index (χ0) is 19.5. The van der Waals surface area contributed by atoms with E-state index in [0.29, 0.717) is 31.2 Å². The Morgan fingerprint density at radius 3 is 2.63 bits per heavy atom. The maximum absolute atomic E-state index is 11.9. The topological polar surface area (TPSA) is 68.8 Å². The van der Waals surface area contributed by atoms with Crippen LogP contribution in [0.3, 0.4) is 0 Å². The molecule has 0 bridgehead atoms. The number of carbonyl (C=O) groups excluding carboxylic acids is 1. The van der Waals surface area contributed by atoms with Gasteiger partial charge >= 0.3 is 6.03 Å². The minimum Gasteiger partial charge on any atom is -0.493 e. The number of methoxy groups -OCH3 is 1. The number of urea groups is 1. The number of hydrogen-bond donors (Lipinski definition) is 2. The van der Waals surface area contributed by atoms with Gasteiger partial charge in [0, 0.05) is 6.54 Å². The van der Waals surface area contributed by atoms with Crippen LogP contribution in [0.1, 0.15) is 11.1 Å². The zero-order valence-electron chi connectivity index (χ0n) is 15.6. The van der Waals surface area contributed by atoms with E-state index in [1.807, 2.05) is 37.3 Å². The van der Waals surface area contributed by atoms with Crippen molar-refractivity contribution in [3.8, 4) is 29.6 Å². The average molecular weight is 368 g/mol. The van der Waals surface area contributed by atoms with Gasteiger partial charge in [0.15, 0.2) is 11.5 Å². The van der Waals surface area contributed by atoms with Crippen LogP contribution in [0.5, 0.6) is 17.2 Å². The summed E-state index contributed by atoms with van der Waals surface area (Å²) in [6, 6.07) is 12.9. The van der Waals surface area contributed by atoms with Crippen molar-refractivity contribution < 1.29 is 19.0 Å². The lowest BCUT2D eigenvalue weighted by atomic mass is 10.2. The van der Waals surface area contributed by atoms with Gasteiger partial charge in [-0.1, -0.05) is 30.2 Å². The third kappa shape index (κ3) is 6.48. The van der Waals surface area contributed by atoms with E-state index in [1.54, 1.807) is 19.2 Å². The Kier molecular flexibility index (Phi) is 7.86. The van der Waals surface area contributed by atoms with Gasteiger partial charge in [0.05, 0.1) is 13.7 Å². The van der Waals surface area contributed by atoms with Crippen LogP contribution in [0.4, 0.5) is 4.79 Å². The molecule has 0 aromatic heterocycles. The van der Waals surface area contributed by atoms with Crippen LogP contribution in [0.2, 0.25) is 0 Å². The molecule has 6 heteroatoms. The van der Waals surface area contributed by atoms with Crippen LogP contribution in [-0.4, -0.2) is 32.9 Å². The number of aryl methyl sites for hydroxylation is 1. The summed E-state index contributed by atoms with van der Waals surface area (Å²) in [4.78, 5) is 11.9. The fraction of sp³-hybridized carbons (Fsp3) is 0.286. The van der Waals surface area contributed by atoms with E-state index < -0.39 is 0 Å². The van der Waals surface area contributed by atoms with Crippen molar-refractivity contribution in [2.45, 2.75) is 13.5 Å². The lowest BCUT2D eigenvalue weighted by Crippen LogP contribution is -2.37. The summed E-state index contributed by atoms with van der Waals surface area (Å²) in [6.07, 6.45) is 5.22. The summed E-state index contributed by atoms with van der Waals surface area (Å²) < 4.78 is 16.3. The van der Waals surface area contributed by atoms with Gasteiger partial charge in [-0.3, -0.25) is 0 Å². The molecule has 0 saturated carbocycles. The summed E-state index contributed by atoms with van der Waals surface area (Å²) >= 11 is 0. The SMILES string of the molecule is C#CCOc1cc(CNC(=O)NCCOc2ccccc2C)ccc1OC. The zero-order valence-corrected chi connectivity index (χ0v) is 15.6. The van der Waals surface area contributed by atoms with Gasteiger partial charge in [-0.15, -0.1) is 6.42 Å². The van der Waals surface area contributed by atoms with Crippen molar-refractivity contribution in [1.29, 1.82) is 0 Å². The van der Waals surface area contributed by atoms with Gasteiger partial charge in [0.25, 0.3) is 0 Å². The molecule has 0 heterocycles. The first-order chi connectivity index (χ1) is 13.1. The van der Waals surface area contributed by atoms with E-state index in [4.69, 9.17) is 20.6 Å². The number of hydrogen-bond acceptors (Lipinski definition) is 4. The van der Waals surface area contributed by atoms with Crippen LogP contribution in [0.25, 0.3) is 0 Å². The quantitative estimate of drug-likeness (QED) is 0.528. The molecule has 0 aliphatic carbocycles. The fourth-order valence-corrected chi connectivity index (χ4v) is 2.35. The van der Waals surface area contributed by atoms with Crippen molar-refractivity contribution in [3.05, 3.63) is 53.6 Å². The number of ether oxygens (including phenoxy) is 3. The molecule has 2 aromatic rings. The van der Waals surface area contributed by atoms with Crippen molar-refractivity contribution in [1.82, 2.24) is 10.6 Å².